The molecular weight excluding hydrogens is 680 g/mol. The molecule has 53 heavy (non-hydrogen) atoms. The van der Waals surface area contributed by atoms with Gasteiger partial charge in [-0.05, 0) is 57.8 Å². The van der Waals surface area contributed by atoms with Crippen molar-refractivity contribution in [1.82, 2.24) is 0 Å². The smallest absolute Gasteiger partial charge is 0.335 e. The van der Waals surface area contributed by atoms with Crippen LogP contribution in [0.15, 0.2) is 24.3 Å². The second-order valence-corrected chi connectivity index (χ2v) is 14.5. The highest BCUT2D eigenvalue weighted by molar-refractivity contribution is 5.73. The van der Waals surface area contributed by atoms with Crippen LogP contribution in [0.2, 0.25) is 0 Å². The summed E-state index contributed by atoms with van der Waals surface area (Å²) in [6.07, 6.45) is 25.2. The molecule has 11 nitrogen and oxygen atoms in total. The summed E-state index contributed by atoms with van der Waals surface area (Å²) in [6, 6.07) is 0. The number of carboxylic acids is 1. The van der Waals surface area contributed by atoms with Crippen LogP contribution in [-0.4, -0.2) is 88.4 Å². The van der Waals surface area contributed by atoms with Gasteiger partial charge in [-0.1, -0.05) is 128 Å². The molecule has 0 aromatic carbocycles. The van der Waals surface area contributed by atoms with Gasteiger partial charge in [0.2, 0.25) is 0 Å². The quantitative estimate of drug-likeness (QED) is 0.0284. The number of ether oxygens (including phenoxy) is 4. The zero-order chi connectivity index (χ0) is 38.9. The predicted octanol–water partition coefficient (Wildman–Crippen LogP) is 8.25. The fraction of sp³-hybridized carbons (Fsp3) is 0.833. The lowest BCUT2D eigenvalue weighted by Crippen LogP contribution is -2.60. The average molecular weight is 755 g/mol. The van der Waals surface area contributed by atoms with E-state index >= 15 is 0 Å². The molecule has 0 bridgehead atoms. The van der Waals surface area contributed by atoms with Crippen LogP contribution in [0.5, 0.6) is 0 Å². The van der Waals surface area contributed by atoms with E-state index in [0.29, 0.717) is 12.8 Å². The van der Waals surface area contributed by atoms with Crippen molar-refractivity contribution in [3.8, 4) is 0 Å². The van der Waals surface area contributed by atoms with Gasteiger partial charge in [0.15, 0.2) is 18.5 Å². The van der Waals surface area contributed by atoms with Crippen LogP contribution in [0.1, 0.15) is 174 Å². The third-order valence-electron chi connectivity index (χ3n) is 9.52. The van der Waals surface area contributed by atoms with Crippen molar-refractivity contribution in [1.29, 1.82) is 0 Å². The molecule has 0 amide bonds. The maximum Gasteiger partial charge on any atom is 0.335 e. The molecule has 11 heteroatoms. The van der Waals surface area contributed by atoms with Gasteiger partial charge in [-0.3, -0.25) is 9.59 Å². The zero-order valence-electron chi connectivity index (χ0n) is 33.0. The van der Waals surface area contributed by atoms with Gasteiger partial charge in [0, 0.05) is 12.8 Å². The third-order valence-corrected chi connectivity index (χ3v) is 9.52. The SMILES string of the molecule is CCCC/C=C\CCCCCCCC(=O)OC(COC(=O)CCCCCCC/C=C\CCCCCCCCC)COC1OC(C(=O)O)C(O)C(O)C1O. The standard InChI is InChI=1S/C42H74O11/c1-3-5-7-9-11-13-15-16-17-18-19-21-22-24-26-28-30-35(43)50-32-34(33-51-42-39(47)37(45)38(46)40(53-42)41(48)49)52-36(44)31-29-27-25-23-20-14-12-10-8-6-4-2/h10,12,17-18,34,37-40,42,45-47H,3-9,11,13-16,19-33H2,1-2H3,(H,48,49)/b12-10-,18-17-. The lowest BCUT2D eigenvalue weighted by Gasteiger charge is -2.38. The Kier molecular flexibility index (Phi) is 30.4. The van der Waals surface area contributed by atoms with E-state index in [1.54, 1.807) is 0 Å². The Hall–Kier alpha value is -2.31. The first-order valence-electron chi connectivity index (χ1n) is 20.9. The number of hydrogen-bond acceptors (Lipinski definition) is 10. The number of allylic oxidation sites excluding steroid dienone is 4. The topological polar surface area (TPSA) is 169 Å². The molecule has 308 valence electrons. The van der Waals surface area contributed by atoms with Gasteiger partial charge in [0.1, 0.15) is 24.9 Å². The van der Waals surface area contributed by atoms with Crippen LogP contribution < -0.4 is 0 Å². The fourth-order valence-electron chi connectivity index (χ4n) is 6.15. The molecule has 1 aliphatic rings. The van der Waals surface area contributed by atoms with Crippen molar-refractivity contribution in [2.24, 2.45) is 0 Å². The lowest BCUT2D eigenvalue weighted by molar-refractivity contribution is -0.298. The van der Waals surface area contributed by atoms with Gasteiger partial charge in [-0.15, -0.1) is 0 Å². The zero-order valence-corrected chi connectivity index (χ0v) is 33.0. The van der Waals surface area contributed by atoms with E-state index < -0.39 is 61.3 Å². The van der Waals surface area contributed by atoms with E-state index in [-0.39, 0.29) is 19.4 Å². The van der Waals surface area contributed by atoms with E-state index in [0.717, 1.165) is 77.0 Å². The van der Waals surface area contributed by atoms with Crippen LogP contribution in [0.3, 0.4) is 0 Å². The van der Waals surface area contributed by atoms with Crippen molar-refractivity contribution in [2.45, 2.75) is 211 Å². The molecule has 0 aromatic heterocycles. The number of aliphatic hydroxyl groups is 3. The molecule has 0 aromatic rings. The van der Waals surface area contributed by atoms with Crippen LogP contribution >= 0.6 is 0 Å². The summed E-state index contributed by atoms with van der Waals surface area (Å²) in [7, 11) is 0. The van der Waals surface area contributed by atoms with E-state index in [4.69, 9.17) is 18.9 Å². The first-order valence-corrected chi connectivity index (χ1v) is 20.9. The molecule has 0 spiro atoms. The monoisotopic (exact) mass is 755 g/mol. The number of aliphatic hydroxyl groups excluding tert-OH is 3. The Balaban J connectivity index is 2.40. The number of carboxylic acid groups (broad SMARTS) is 1. The molecule has 1 aliphatic heterocycles. The summed E-state index contributed by atoms with van der Waals surface area (Å²) >= 11 is 0. The highest BCUT2D eigenvalue weighted by Gasteiger charge is 2.47. The maximum atomic E-state index is 12.7. The Morgan fingerprint density at radius 1 is 0.566 bits per heavy atom. The van der Waals surface area contributed by atoms with E-state index in [1.807, 2.05) is 0 Å². The van der Waals surface area contributed by atoms with Gasteiger partial charge < -0.3 is 39.4 Å². The summed E-state index contributed by atoms with van der Waals surface area (Å²) in [5.41, 5.74) is 0. The van der Waals surface area contributed by atoms with Gasteiger partial charge in [0.05, 0.1) is 6.61 Å². The molecule has 1 heterocycles. The second kappa shape index (κ2) is 33.1. The number of aliphatic carboxylic acids is 1. The molecule has 6 unspecified atom stereocenters. The highest BCUT2D eigenvalue weighted by Crippen LogP contribution is 2.23. The third kappa shape index (κ3) is 25.4. The fourth-order valence-corrected chi connectivity index (χ4v) is 6.15. The molecule has 1 rings (SSSR count). The van der Waals surface area contributed by atoms with Gasteiger partial charge in [-0.25, -0.2) is 4.79 Å². The average Bonchev–Trinajstić information content (AvgIpc) is 3.14. The summed E-state index contributed by atoms with van der Waals surface area (Å²) in [4.78, 5) is 36.7. The molecule has 1 fully saturated rings. The minimum atomic E-state index is -1.86. The van der Waals surface area contributed by atoms with Gasteiger partial charge >= 0.3 is 17.9 Å². The summed E-state index contributed by atoms with van der Waals surface area (Å²) in [6.45, 7) is 3.74. The minimum Gasteiger partial charge on any atom is -0.479 e. The number of carbonyl (C=O) groups excluding carboxylic acids is 2. The Morgan fingerprint density at radius 3 is 1.53 bits per heavy atom. The van der Waals surface area contributed by atoms with Crippen molar-refractivity contribution in [3.05, 3.63) is 24.3 Å². The van der Waals surface area contributed by atoms with Crippen LogP contribution in [-0.2, 0) is 33.3 Å². The van der Waals surface area contributed by atoms with Crippen molar-refractivity contribution in [2.75, 3.05) is 13.2 Å². The second-order valence-electron chi connectivity index (χ2n) is 14.5. The minimum absolute atomic E-state index is 0.172. The van der Waals surface area contributed by atoms with E-state index in [2.05, 4.69) is 38.2 Å². The molecular formula is C42H74O11. The van der Waals surface area contributed by atoms with Gasteiger partial charge in [0.25, 0.3) is 0 Å². The predicted molar refractivity (Wildman–Crippen MR) is 206 cm³/mol. The summed E-state index contributed by atoms with van der Waals surface area (Å²) in [5, 5.41) is 39.7. The number of esters is 2. The van der Waals surface area contributed by atoms with Crippen LogP contribution in [0.4, 0.5) is 0 Å². The van der Waals surface area contributed by atoms with Crippen LogP contribution in [0, 0.1) is 0 Å². The maximum absolute atomic E-state index is 12.7. The molecule has 1 saturated heterocycles. The van der Waals surface area contributed by atoms with E-state index in [1.165, 1.54) is 57.8 Å². The molecule has 0 radical (unpaired) electrons. The molecule has 0 saturated carbocycles. The van der Waals surface area contributed by atoms with E-state index in [9.17, 15) is 34.8 Å². The van der Waals surface area contributed by atoms with Crippen LogP contribution in [0.25, 0.3) is 0 Å². The lowest BCUT2D eigenvalue weighted by atomic mass is 9.99. The Bertz CT molecular complexity index is 984. The van der Waals surface area contributed by atoms with Gasteiger partial charge in [-0.2, -0.15) is 0 Å². The first kappa shape index (κ1) is 48.7. The summed E-state index contributed by atoms with van der Waals surface area (Å²) < 4.78 is 21.6. The Morgan fingerprint density at radius 2 is 1.02 bits per heavy atom. The first-order chi connectivity index (χ1) is 25.7. The largest absolute Gasteiger partial charge is 0.479 e. The van der Waals surface area contributed by atoms with Crippen molar-refractivity contribution in [3.63, 3.8) is 0 Å². The number of unbranched alkanes of at least 4 members (excludes halogenated alkanes) is 19. The highest BCUT2D eigenvalue weighted by atomic mass is 16.7. The summed E-state index contributed by atoms with van der Waals surface area (Å²) in [5.74, 6) is -2.47. The molecule has 0 aliphatic carbocycles. The number of rotatable bonds is 34. The number of hydrogen-bond donors (Lipinski definition) is 4. The van der Waals surface area contributed by atoms with Crippen molar-refractivity contribution < 1.29 is 53.8 Å². The van der Waals surface area contributed by atoms with Crippen molar-refractivity contribution >= 4 is 17.9 Å². The molecule has 6 atom stereocenters. The number of carbonyl (C=O) groups is 3. The normalized spacial score (nSPS) is 21.0. The molecule has 4 N–H and O–H groups in total. The Labute approximate surface area is 319 Å².